The lowest BCUT2D eigenvalue weighted by Gasteiger charge is -2.20. The zero-order chi connectivity index (χ0) is 11.6. The van der Waals surface area contributed by atoms with E-state index in [4.69, 9.17) is 9.47 Å². The molecular formula is C14H20O2. The van der Waals surface area contributed by atoms with E-state index in [0.29, 0.717) is 0 Å². The summed E-state index contributed by atoms with van der Waals surface area (Å²) in [6, 6.07) is 6.28. The average molecular weight is 220 g/mol. The molecule has 0 saturated heterocycles. The summed E-state index contributed by atoms with van der Waals surface area (Å²) in [7, 11) is 0. The van der Waals surface area contributed by atoms with Crippen molar-refractivity contribution in [1.82, 2.24) is 0 Å². The van der Waals surface area contributed by atoms with Crippen molar-refractivity contribution < 1.29 is 9.47 Å². The third kappa shape index (κ3) is 2.16. The molecule has 1 aromatic rings. The first kappa shape index (κ1) is 11.3. The Morgan fingerprint density at radius 3 is 2.56 bits per heavy atom. The molecule has 88 valence electrons. The third-order valence-electron chi connectivity index (χ3n) is 3.12. The monoisotopic (exact) mass is 220 g/mol. The van der Waals surface area contributed by atoms with Crippen LogP contribution in [-0.4, -0.2) is 5.79 Å². The maximum atomic E-state index is 5.84. The molecule has 1 heterocycles. The molecule has 0 aliphatic carbocycles. The maximum Gasteiger partial charge on any atom is 0.248 e. The molecule has 2 heteroatoms. The van der Waals surface area contributed by atoms with Crippen molar-refractivity contribution in [2.24, 2.45) is 0 Å². The fraction of sp³-hybridized carbons (Fsp3) is 0.571. The Bertz CT molecular complexity index is 373. The predicted molar refractivity (Wildman–Crippen MR) is 65.0 cm³/mol. The van der Waals surface area contributed by atoms with Crippen LogP contribution in [0.5, 0.6) is 11.5 Å². The van der Waals surface area contributed by atoms with Crippen molar-refractivity contribution in [1.29, 1.82) is 0 Å². The summed E-state index contributed by atoms with van der Waals surface area (Å²) in [4.78, 5) is 0. The van der Waals surface area contributed by atoms with E-state index in [1.807, 2.05) is 13.0 Å². The first-order chi connectivity index (χ1) is 7.67. The first-order valence-corrected chi connectivity index (χ1v) is 6.18. The van der Waals surface area contributed by atoms with E-state index in [9.17, 15) is 0 Å². The van der Waals surface area contributed by atoms with Gasteiger partial charge in [-0.3, -0.25) is 0 Å². The van der Waals surface area contributed by atoms with Crippen molar-refractivity contribution in [2.75, 3.05) is 0 Å². The molecule has 0 spiro atoms. The molecule has 0 N–H and O–H groups in total. The molecule has 0 amide bonds. The molecule has 0 bridgehead atoms. The van der Waals surface area contributed by atoms with Gasteiger partial charge in [0.25, 0.3) is 0 Å². The Morgan fingerprint density at radius 1 is 1.12 bits per heavy atom. The lowest BCUT2D eigenvalue weighted by molar-refractivity contribution is -0.0640. The van der Waals surface area contributed by atoms with Gasteiger partial charge in [-0.2, -0.15) is 0 Å². The van der Waals surface area contributed by atoms with Crippen LogP contribution >= 0.6 is 0 Å². The topological polar surface area (TPSA) is 18.5 Å². The van der Waals surface area contributed by atoms with Crippen molar-refractivity contribution in [2.45, 2.75) is 52.2 Å². The van der Waals surface area contributed by atoms with Crippen LogP contribution in [0, 0.1) is 0 Å². The number of aryl methyl sites for hydroxylation is 1. The molecule has 16 heavy (non-hydrogen) atoms. The zero-order valence-electron chi connectivity index (χ0n) is 10.4. The van der Waals surface area contributed by atoms with E-state index in [1.54, 1.807) is 0 Å². The Morgan fingerprint density at radius 2 is 1.88 bits per heavy atom. The lowest BCUT2D eigenvalue weighted by atomic mass is 10.1. The fourth-order valence-electron chi connectivity index (χ4n) is 1.88. The van der Waals surface area contributed by atoms with Gasteiger partial charge in [0, 0.05) is 13.3 Å². The van der Waals surface area contributed by atoms with Gasteiger partial charge in [0.05, 0.1) is 0 Å². The number of ether oxygens (including phenoxy) is 2. The highest BCUT2D eigenvalue weighted by atomic mass is 16.7. The second-order valence-corrected chi connectivity index (χ2v) is 4.58. The highest BCUT2D eigenvalue weighted by Gasteiger charge is 2.34. The zero-order valence-corrected chi connectivity index (χ0v) is 10.4. The summed E-state index contributed by atoms with van der Waals surface area (Å²) in [5, 5.41) is 0. The number of unbranched alkanes of at least 4 members (excludes halogenated alkanes) is 1. The highest BCUT2D eigenvalue weighted by Crippen LogP contribution is 2.41. The minimum atomic E-state index is -0.467. The van der Waals surface area contributed by atoms with Gasteiger partial charge in [-0.15, -0.1) is 0 Å². The van der Waals surface area contributed by atoms with Gasteiger partial charge in [0.2, 0.25) is 5.79 Å². The summed E-state index contributed by atoms with van der Waals surface area (Å²) in [5.74, 6) is 1.31. The molecule has 0 fully saturated rings. The Labute approximate surface area is 97.6 Å². The molecule has 0 saturated carbocycles. The standard InChI is InChI=1S/C14H20O2/c1-4-6-7-11-8-9-12-13(10-11)16-14(3,5-2)15-12/h8-10H,4-7H2,1-3H3. The minimum Gasteiger partial charge on any atom is -0.449 e. The second-order valence-electron chi connectivity index (χ2n) is 4.58. The molecule has 0 radical (unpaired) electrons. The van der Waals surface area contributed by atoms with E-state index >= 15 is 0 Å². The second kappa shape index (κ2) is 4.36. The minimum absolute atomic E-state index is 0.467. The summed E-state index contributed by atoms with van der Waals surface area (Å²) in [6.07, 6.45) is 4.42. The Hall–Kier alpha value is -1.18. The Kier molecular flexibility index (Phi) is 3.08. The predicted octanol–water partition coefficient (Wildman–Crippen LogP) is 3.93. The van der Waals surface area contributed by atoms with Gasteiger partial charge < -0.3 is 9.47 Å². The average Bonchev–Trinajstić information content (AvgIpc) is 2.62. The van der Waals surface area contributed by atoms with Crippen LogP contribution in [0.4, 0.5) is 0 Å². The largest absolute Gasteiger partial charge is 0.449 e. The van der Waals surface area contributed by atoms with Crippen molar-refractivity contribution >= 4 is 0 Å². The quantitative estimate of drug-likeness (QED) is 0.765. The number of hydrogen-bond acceptors (Lipinski definition) is 2. The highest BCUT2D eigenvalue weighted by molar-refractivity contribution is 5.45. The van der Waals surface area contributed by atoms with E-state index in [-0.39, 0.29) is 0 Å². The summed E-state index contributed by atoms with van der Waals surface area (Å²) in [5.41, 5.74) is 1.34. The molecule has 1 aliphatic rings. The molecule has 1 unspecified atom stereocenters. The smallest absolute Gasteiger partial charge is 0.248 e. The summed E-state index contributed by atoms with van der Waals surface area (Å²) >= 11 is 0. The summed E-state index contributed by atoms with van der Waals surface area (Å²) in [6.45, 7) is 6.27. The molecule has 0 aromatic heterocycles. The van der Waals surface area contributed by atoms with Gasteiger partial charge >= 0.3 is 0 Å². The number of hydrogen-bond donors (Lipinski definition) is 0. The Balaban J connectivity index is 2.14. The SMILES string of the molecule is CCCCc1ccc2c(c1)OC(C)(CC)O2. The molecule has 1 aliphatic heterocycles. The van der Waals surface area contributed by atoms with Gasteiger partial charge in [0.15, 0.2) is 11.5 Å². The van der Waals surface area contributed by atoms with Crippen LogP contribution in [-0.2, 0) is 6.42 Å². The normalized spacial score (nSPS) is 22.4. The molecular weight excluding hydrogens is 200 g/mol. The lowest BCUT2D eigenvalue weighted by Crippen LogP contribution is -2.33. The van der Waals surface area contributed by atoms with Crippen LogP contribution in [0.3, 0.4) is 0 Å². The van der Waals surface area contributed by atoms with Crippen molar-refractivity contribution in [3.05, 3.63) is 23.8 Å². The van der Waals surface area contributed by atoms with E-state index in [1.165, 1.54) is 18.4 Å². The van der Waals surface area contributed by atoms with E-state index < -0.39 is 5.79 Å². The van der Waals surface area contributed by atoms with E-state index in [0.717, 1.165) is 24.3 Å². The fourth-order valence-corrected chi connectivity index (χ4v) is 1.88. The molecule has 2 rings (SSSR count). The van der Waals surface area contributed by atoms with Crippen molar-refractivity contribution in [3.63, 3.8) is 0 Å². The molecule has 1 atom stereocenters. The third-order valence-corrected chi connectivity index (χ3v) is 3.12. The first-order valence-electron chi connectivity index (χ1n) is 6.18. The van der Waals surface area contributed by atoms with Crippen LogP contribution < -0.4 is 9.47 Å². The molecule has 2 nitrogen and oxygen atoms in total. The van der Waals surface area contributed by atoms with E-state index in [2.05, 4.69) is 26.0 Å². The van der Waals surface area contributed by atoms with Crippen LogP contribution in [0.15, 0.2) is 18.2 Å². The molecule has 1 aromatic carbocycles. The summed E-state index contributed by atoms with van der Waals surface area (Å²) < 4.78 is 11.6. The van der Waals surface area contributed by atoms with Gasteiger partial charge in [-0.05, 0) is 30.5 Å². The number of benzene rings is 1. The van der Waals surface area contributed by atoms with Crippen LogP contribution in [0.25, 0.3) is 0 Å². The van der Waals surface area contributed by atoms with Gasteiger partial charge in [-0.25, -0.2) is 0 Å². The van der Waals surface area contributed by atoms with Crippen LogP contribution in [0.1, 0.15) is 45.6 Å². The maximum absolute atomic E-state index is 5.84. The van der Waals surface area contributed by atoms with Crippen LogP contribution in [0.2, 0.25) is 0 Å². The number of fused-ring (bicyclic) bond motifs is 1. The van der Waals surface area contributed by atoms with Crippen molar-refractivity contribution in [3.8, 4) is 11.5 Å². The number of rotatable bonds is 4. The van der Waals surface area contributed by atoms with Gasteiger partial charge in [-0.1, -0.05) is 26.3 Å². The van der Waals surface area contributed by atoms with Gasteiger partial charge in [0.1, 0.15) is 0 Å².